The van der Waals surface area contributed by atoms with Gasteiger partial charge in [0, 0.05) is 24.7 Å². The molecule has 2 aromatic rings. The van der Waals surface area contributed by atoms with Gasteiger partial charge in [0.1, 0.15) is 5.75 Å². The van der Waals surface area contributed by atoms with E-state index in [4.69, 9.17) is 4.74 Å². The van der Waals surface area contributed by atoms with Crippen molar-refractivity contribution in [3.05, 3.63) is 41.6 Å². The van der Waals surface area contributed by atoms with E-state index >= 15 is 0 Å². The van der Waals surface area contributed by atoms with Gasteiger partial charge in [0.2, 0.25) is 5.88 Å². The normalized spacial score (nSPS) is 12.4. The number of aromatic nitrogens is 2. The Morgan fingerprint density at radius 3 is 2.65 bits per heavy atom. The summed E-state index contributed by atoms with van der Waals surface area (Å²) < 4.78 is 7.81. The molecule has 0 aliphatic rings. The second-order valence-corrected chi connectivity index (χ2v) is 4.91. The molecule has 2 rings (SSSR count). The fraction of sp³-hybridized carbons (Fsp3) is 0.438. The molecule has 4 heteroatoms. The van der Waals surface area contributed by atoms with Gasteiger partial charge in [0.15, 0.2) is 0 Å². The van der Waals surface area contributed by atoms with Gasteiger partial charge in [-0.15, -0.1) is 0 Å². The monoisotopic (exact) mass is 273 g/mol. The van der Waals surface area contributed by atoms with E-state index in [-0.39, 0.29) is 0 Å². The van der Waals surface area contributed by atoms with Gasteiger partial charge in [0.25, 0.3) is 0 Å². The van der Waals surface area contributed by atoms with Crippen molar-refractivity contribution in [2.45, 2.75) is 33.2 Å². The van der Waals surface area contributed by atoms with Crippen molar-refractivity contribution in [1.82, 2.24) is 15.1 Å². The van der Waals surface area contributed by atoms with Gasteiger partial charge in [-0.2, -0.15) is 5.10 Å². The first kappa shape index (κ1) is 14.6. The second kappa shape index (κ2) is 6.57. The van der Waals surface area contributed by atoms with Crippen molar-refractivity contribution >= 4 is 0 Å². The number of hydrogen-bond donors (Lipinski definition) is 1. The van der Waals surface area contributed by atoms with E-state index in [0.29, 0.717) is 6.04 Å². The molecular weight excluding hydrogens is 250 g/mol. The topological polar surface area (TPSA) is 39.1 Å². The van der Waals surface area contributed by atoms with E-state index in [2.05, 4.69) is 36.4 Å². The number of hydrogen-bond acceptors (Lipinski definition) is 3. The molecule has 0 saturated carbocycles. The number of benzene rings is 1. The third kappa shape index (κ3) is 3.20. The van der Waals surface area contributed by atoms with Crippen molar-refractivity contribution in [2.24, 2.45) is 7.05 Å². The number of nitrogens with zero attached hydrogens (tertiary/aromatic N) is 2. The maximum absolute atomic E-state index is 6.05. The Morgan fingerprint density at radius 2 is 2.05 bits per heavy atom. The summed E-state index contributed by atoms with van der Waals surface area (Å²) in [5.41, 5.74) is 2.15. The minimum absolute atomic E-state index is 0.311. The zero-order chi connectivity index (χ0) is 14.5. The summed E-state index contributed by atoms with van der Waals surface area (Å²) in [6, 6.07) is 10.4. The van der Waals surface area contributed by atoms with Crippen LogP contribution in [0, 0.1) is 6.92 Å². The summed E-state index contributed by atoms with van der Waals surface area (Å²) in [6.07, 6.45) is 1.03. The molecular formula is C16H23N3O. The Labute approximate surface area is 120 Å². The highest BCUT2D eigenvalue weighted by Crippen LogP contribution is 2.31. The van der Waals surface area contributed by atoms with Gasteiger partial charge in [-0.25, -0.2) is 4.68 Å². The lowest BCUT2D eigenvalue weighted by molar-refractivity contribution is 0.414. The lowest BCUT2D eigenvalue weighted by Crippen LogP contribution is -2.20. The molecule has 1 unspecified atom stereocenters. The summed E-state index contributed by atoms with van der Waals surface area (Å²) in [7, 11) is 1.90. The molecule has 0 aliphatic heterocycles. The van der Waals surface area contributed by atoms with E-state index < -0.39 is 0 Å². The predicted molar refractivity (Wildman–Crippen MR) is 81.2 cm³/mol. The Morgan fingerprint density at radius 1 is 1.30 bits per heavy atom. The van der Waals surface area contributed by atoms with Crippen LogP contribution in [0.3, 0.4) is 0 Å². The van der Waals surface area contributed by atoms with E-state index in [0.717, 1.165) is 30.3 Å². The molecule has 4 nitrogen and oxygen atoms in total. The molecule has 0 spiro atoms. The van der Waals surface area contributed by atoms with Gasteiger partial charge >= 0.3 is 0 Å². The molecule has 0 radical (unpaired) electrons. The summed E-state index contributed by atoms with van der Waals surface area (Å²) >= 11 is 0. The first-order chi connectivity index (χ1) is 9.65. The maximum Gasteiger partial charge on any atom is 0.217 e. The lowest BCUT2D eigenvalue weighted by atomic mass is 10.0. The SMILES string of the molecule is CCNC(CC)c1ccccc1Oc1cc(C)nn1C. The predicted octanol–water partition coefficient (Wildman–Crippen LogP) is 3.58. The Hall–Kier alpha value is -1.81. The van der Waals surface area contributed by atoms with Gasteiger partial charge in [-0.3, -0.25) is 0 Å². The van der Waals surface area contributed by atoms with Crippen molar-refractivity contribution in [3.8, 4) is 11.6 Å². The van der Waals surface area contributed by atoms with Crippen LogP contribution in [-0.2, 0) is 7.05 Å². The molecule has 1 atom stereocenters. The first-order valence-corrected chi connectivity index (χ1v) is 7.16. The second-order valence-electron chi connectivity index (χ2n) is 4.91. The van der Waals surface area contributed by atoms with E-state index in [1.165, 1.54) is 5.56 Å². The maximum atomic E-state index is 6.05. The molecule has 0 amide bonds. The first-order valence-electron chi connectivity index (χ1n) is 7.16. The fourth-order valence-electron chi connectivity index (χ4n) is 2.38. The van der Waals surface area contributed by atoms with Gasteiger partial charge in [0.05, 0.1) is 5.69 Å². The summed E-state index contributed by atoms with van der Waals surface area (Å²) in [5, 5.41) is 7.81. The number of aryl methyl sites for hydroxylation is 2. The molecule has 1 N–H and O–H groups in total. The zero-order valence-electron chi connectivity index (χ0n) is 12.7. The van der Waals surface area contributed by atoms with Gasteiger partial charge in [-0.1, -0.05) is 32.0 Å². The number of rotatable bonds is 6. The zero-order valence-corrected chi connectivity index (χ0v) is 12.7. The highest BCUT2D eigenvalue weighted by Gasteiger charge is 2.15. The highest BCUT2D eigenvalue weighted by molar-refractivity contribution is 5.38. The van der Waals surface area contributed by atoms with Crippen molar-refractivity contribution in [1.29, 1.82) is 0 Å². The van der Waals surface area contributed by atoms with Crippen LogP contribution in [0.2, 0.25) is 0 Å². The Balaban J connectivity index is 2.30. The average Bonchev–Trinajstić information content (AvgIpc) is 2.75. The number of para-hydroxylation sites is 1. The van der Waals surface area contributed by atoms with Crippen molar-refractivity contribution < 1.29 is 4.74 Å². The van der Waals surface area contributed by atoms with Gasteiger partial charge in [-0.05, 0) is 26.0 Å². The standard InChI is InChI=1S/C16H23N3O/c1-5-14(17-6-2)13-9-7-8-10-15(13)20-16-11-12(3)18-19(16)4/h7-11,14,17H,5-6H2,1-4H3. The summed E-state index contributed by atoms with van der Waals surface area (Å²) in [4.78, 5) is 0. The van der Waals surface area contributed by atoms with E-state index in [1.54, 1.807) is 4.68 Å². The Bertz CT molecular complexity index is 563. The third-order valence-corrected chi connectivity index (χ3v) is 3.33. The average molecular weight is 273 g/mol. The van der Waals surface area contributed by atoms with Crippen molar-refractivity contribution in [3.63, 3.8) is 0 Å². The molecule has 108 valence electrons. The molecule has 1 aromatic carbocycles. The van der Waals surface area contributed by atoms with Crippen LogP contribution < -0.4 is 10.1 Å². The minimum Gasteiger partial charge on any atom is -0.439 e. The van der Waals surface area contributed by atoms with Crippen LogP contribution in [0.4, 0.5) is 0 Å². The largest absolute Gasteiger partial charge is 0.439 e. The minimum atomic E-state index is 0.311. The molecule has 0 aliphatic carbocycles. The van der Waals surface area contributed by atoms with Crippen LogP contribution in [0.5, 0.6) is 11.6 Å². The van der Waals surface area contributed by atoms with Crippen LogP contribution in [0.15, 0.2) is 30.3 Å². The Kier molecular flexibility index (Phi) is 4.79. The molecule has 0 bridgehead atoms. The van der Waals surface area contributed by atoms with Gasteiger partial charge < -0.3 is 10.1 Å². The smallest absolute Gasteiger partial charge is 0.217 e. The molecule has 20 heavy (non-hydrogen) atoms. The quantitative estimate of drug-likeness (QED) is 0.874. The highest BCUT2D eigenvalue weighted by atomic mass is 16.5. The summed E-state index contributed by atoms with van der Waals surface area (Å²) in [6.45, 7) is 7.21. The third-order valence-electron chi connectivity index (χ3n) is 3.33. The molecule has 1 heterocycles. The summed E-state index contributed by atoms with van der Waals surface area (Å²) in [5.74, 6) is 1.66. The van der Waals surface area contributed by atoms with Crippen LogP contribution >= 0.6 is 0 Å². The fourth-order valence-corrected chi connectivity index (χ4v) is 2.38. The van der Waals surface area contributed by atoms with E-state index in [1.807, 2.05) is 32.2 Å². The van der Waals surface area contributed by atoms with Crippen LogP contribution in [0.1, 0.15) is 37.6 Å². The van der Waals surface area contributed by atoms with Crippen LogP contribution in [0.25, 0.3) is 0 Å². The molecule has 0 fully saturated rings. The number of nitrogens with one attached hydrogen (secondary N) is 1. The molecule has 1 aromatic heterocycles. The lowest BCUT2D eigenvalue weighted by Gasteiger charge is -2.19. The van der Waals surface area contributed by atoms with Crippen molar-refractivity contribution in [2.75, 3.05) is 6.54 Å². The number of ether oxygens (including phenoxy) is 1. The van der Waals surface area contributed by atoms with E-state index in [9.17, 15) is 0 Å². The molecule has 0 saturated heterocycles. The van der Waals surface area contributed by atoms with Crippen LogP contribution in [-0.4, -0.2) is 16.3 Å².